The van der Waals surface area contributed by atoms with Crippen LogP contribution in [0.5, 0.6) is 17.2 Å². The number of halogens is 1. The first-order chi connectivity index (χ1) is 17.0. The Morgan fingerprint density at radius 1 is 0.971 bits per heavy atom. The van der Waals surface area contributed by atoms with Crippen LogP contribution in [-0.2, 0) is 17.8 Å². The van der Waals surface area contributed by atoms with Crippen molar-refractivity contribution in [2.45, 2.75) is 13.0 Å². The van der Waals surface area contributed by atoms with Gasteiger partial charge >= 0.3 is 0 Å². The van der Waals surface area contributed by atoms with Gasteiger partial charge in [-0.3, -0.25) is 9.69 Å². The SMILES string of the molecule is COc1ccc(CCN2C(=O)/C(=C/c3cccc(OCc4ccc(Cl)cc4)c3)SC2=S)cc1OC. The fourth-order valence-corrected chi connectivity index (χ4v) is 5.00. The molecule has 1 aliphatic rings. The van der Waals surface area contributed by atoms with E-state index in [4.69, 9.17) is 38.0 Å². The zero-order valence-electron chi connectivity index (χ0n) is 19.3. The van der Waals surface area contributed by atoms with E-state index < -0.39 is 0 Å². The molecule has 0 aromatic heterocycles. The van der Waals surface area contributed by atoms with Gasteiger partial charge in [-0.25, -0.2) is 0 Å². The number of nitrogens with zero attached hydrogens (tertiary/aromatic N) is 1. The number of hydrogen-bond donors (Lipinski definition) is 0. The topological polar surface area (TPSA) is 48.0 Å². The molecular formula is C27H24ClNO4S2. The molecule has 180 valence electrons. The van der Waals surface area contributed by atoms with E-state index >= 15 is 0 Å². The van der Waals surface area contributed by atoms with Gasteiger partial charge in [0.1, 0.15) is 16.7 Å². The van der Waals surface area contributed by atoms with Gasteiger partial charge in [-0.2, -0.15) is 0 Å². The lowest BCUT2D eigenvalue weighted by Crippen LogP contribution is -2.30. The Balaban J connectivity index is 1.40. The minimum atomic E-state index is -0.0898. The Bertz CT molecular complexity index is 1260. The summed E-state index contributed by atoms with van der Waals surface area (Å²) in [6.45, 7) is 0.917. The number of benzene rings is 3. The first-order valence-corrected chi connectivity index (χ1v) is 12.5. The summed E-state index contributed by atoms with van der Waals surface area (Å²) >= 11 is 12.7. The summed E-state index contributed by atoms with van der Waals surface area (Å²) in [6.07, 6.45) is 2.50. The van der Waals surface area contributed by atoms with Crippen molar-refractivity contribution in [1.82, 2.24) is 4.90 Å². The van der Waals surface area contributed by atoms with Crippen molar-refractivity contribution in [3.8, 4) is 17.2 Å². The molecule has 5 nitrogen and oxygen atoms in total. The van der Waals surface area contributed by atoms with Crippen molar-refractivity contribution < 1.29 is 19.0 Å². The molecule has 0 atom stereocenters. The second kappa shape index (κ2) is 11.6. The molecule has 1 saturated heterocycles. The average molecular weight is 526 g/mol. The lowest BCUT2D eigenvalue weighted by atomic mass is 10.1. The maximum Gasteiger partial charge on any atom is 0.266 e. The molecule has 0 bridgehead atoms. The van der Waals surface area contributed by atoms with Gasteiger partial charge in [0.2, 0.25) is 0 Å². The monoisotopic (exact) mass is 525 g/mol. The summed E-state index contributed by atoms with van der Waals surface area (Å²) in [5, 5.41) is 0.691. The van der Waals surface area contributed by atoms with E-state index in [1.165, 1.54) is 11.8 Å². The van der Waals surface area contributed by atoms with Gasteiger partial charge < -0.3 is 14.2 Å². The number of carbonyl (C=O) groups excluding carboxylic acids is 1. The smallest absolute Gasteiger partial charge is 0.266 e. The minimum absolute atomic E-state index is 0.0898. The van der Waals surface area contributed by atoms with Gasteiger partial charge in [0.05, 0.1) is 19.1 Å². The Morgan fingerprint density at radius 3 is 2.46 bits per heavy atom. The summed E-state index contributed by atoms with van der Waals surface area (Å²) in [5.41, 5.74) is 2.93. The third kappa shape index (κ3) is 6.36. The van der Waals surface area contributed by atoms with E-state index in [9.17, 15) is 4.79 Å². The van der Waals surface area contributed by atoms with Gasteiger partial charge in [0.25, 0.3) is 5.91 Å². The molecule has 0 spiro atoms. The maximum atomic E-state index is 13.1. The number of rotatable bonds is 9. The van der Waals surface area contributed by atoms with Gasteiger partial charge in [-0.05, 0) is 65.6 Å². The third-order valence-corrected chi connectivity index (χ3v) is 7.05. The lowest BCUT2D eigenvalue weighted by Gasteiger charge is -2.15. The van der Waals surface area contributed by atoms with Crippen LogP contribution in [0.25, 0.3) is 6.08 Å². The van der Waals surface area contributed by atoms with Crippen LogP contribution in [0.4, 0.5) is 0 Å². The van der Waals surface area contributed by atoms with Crippen molar-refractivity contribution in [1.29, 1.82) is 0 Å². The number of ether oxygens (including phenoxy) is 3. The van der Waals surface area contributed by atoms with Gasteiger partial charge in [0.15, 0.2) is 11.5 Å². The highest BCUT2D eigenvalue weighted by Gasteiger charge is 2.31. The van der Waals surface area contributed by atoms with E-state index in [1.54, 1.807) is 19.1 Å². The van der Waals surface area contributed by atoms with E-state index in [-0.39, 0.29) is 5.91 Å². The van der Waals surface area contributed by atoms with Crippen molar-refractivity contribution in [2.24, 2.45) is 0 Å². The Hall–Kier alpha value is -3.00. The second-order valence-corrected chi connectivity index (χ2v) is 9.87. The van der Waals surface area contributed by atoms with Crippen LogP contribution >= 0.6 is 35.6 Å². The molecule has 0 unspecified atom stereocenters. The molecule has 3 aromatic rings. The Labute approximate surface area is 219 Å². The molecule has 35 heavy (non-hydrogen) atoms. The normalized spacial score (nSPS) is 14.5. The summed E-state index contributed by atoms with van der Waals surface area (Å²) in [4.78, 5) is 15.3. The highest BCUT2D eigenvalue weighted by atomic mass is 35.5. The largest absolute Gasteiger partial charge is 0.493 e. The first-order valence-electron chi connectivity index (χ1n) is 10.9. The van der Waals surface area contributed by atoms with Crippen molar-refractivity contribution in [3.05, 3.63) is 93.3 Å². The van der Waals surface area contributed by atoms with E-state index in [1.807, 2.05) is 72.8 Å². The van der Waals surface area contributed by atoms with Crippen molar-refractivity contribution in [2.75, 3.05) is 20.8 Å². The highest BCUT2D eigenvalue weighted by molar-refractivity contribution is 8.26. The number of methoxy groups -OCH3 is 2. The van der Waals surface area contributed by atoms with Crippen LogP contribution in [0, 0.1) is 0 Å². The zero-order valence-corrected chi connectivity index (χ0v) is 21.7. The van der Waals surface area contributed by atoms with E-state index in [0.29, 0.717) is 45.3 Å². The standard InChI is InChI=1S/C27H24ClNO4S2/c1-31-23-11-8-18(15-24(23)32-2)12-13-29-26(30)25(35-27(29)34)16-20-4-3-5-22(14-20)33-17-19-6-9-21(28)10-7-19/h3-11,14-16H,12-13,17H2,1-2H3/b25-16-. The molecular weight excluding hydrogens is 502 g/mol. The molecule has 3 aromatic carbocycles. The number of thioether (sulfide) groups is 1. The fraction of sp³-hybridized carbons (Fsp3) is 0.185. The van der Waals surface area contributed by atoms with Gasteiger partial charge in [-0.1, -0.05) is 65.9 Å². The molecule has 8 heteroatoms. The van der Waals surface area contributed by atoms with Crippen LogP contribution in [0.3, 0.4) is 0 Å². The maximum absolute atomic E-state index is 13.1. The van der Waals surface area contributed by atoms with Crippen LogP contribution in [0.15, 0.2) is 71.6 Å². The number of hydrogen-bond acceptors (Lipinski definition) is 6. The second-order valence-electron chi connectivity index (χ2n) is 7.76. The summed E-state index contributed by atoms with van der Waals surface area (Å²) in [5.74, 6) is 1.96. The molecule has 1 heterocycles. The van der Waals surface area contributed by atoms with Crippen LogP contribution in [-0.4, -0.2) is 35.9 Å². The minimum Gasteiger partial charge on any atom is -0.493 e. The molecule has 0 aliphatic carbocycles. The lowest BCUT2D eigenvalue weighted by molar-refractivity contribution is -0.122. The molecule has 1 aliphatic heterocycles. The predicted octanol–water partition coefficient (Wildman–Crippen LogP) is 6.38. The zero-order chi connectivity index (χ0) is 24.8. The van der Waals surface area contributed by atoms with Crippen LogP contribution < -0.4 is 14.2 Å². The first kappa shape index (κ1) is 25.1. The van der Waals surface area contributed by atoms with Crippen LogP contribution in [0.1, 0.15) is 16.7 Å². The summed E-state index contributed by atoms with van der Waals surface area (Å²) < 4.78 is 17.1. The summed E-state index contributed by atoms with van der Waals surface area (Å²) in [6, 6.07) is 20.9. The highest BCUT2D eigenvalue weighted by Crippen LogP contribution is 2.34. The van der Waals surface area contributed by atoms with Gasteiger partial charge in [-0.15, -0.1) is 0 Å². The van der Waals surface area contributed by atoms with E-state index in [2.05, 4.69) is 0 Å². The number of thiocarbonyl (C=S) groups is 1. The van der Waals surface area contributed by atoms with Gasteiger partial charge in [0, 0.05) is 11.6 Å². The average Bonchev–Trinajstić information content (AvgIpc) is 3.14. The summed E-state index contributed by atoms with van der Waals surface area (Å²) in [7, 11) is 3.21. The molecule has 1 amide bonds. The quantitative estimate of drug-likeness (QED) is 0.238. The number of carbonyl (C=O) groups is 1. The van der Waals surface area contributed by atoms with Crippen LogP contribution in [0.2, 0.25) is 5.02 Å². The molecule has 0 radical (unpaired) electrons. The molecule has 0 N–H and O–H groups in total. The third-order valence-electron chi connectivity index (χ3n) is 5.42. The number of amides is 1. The van der Waals surface area contributed by atoms with Crippen molar-refractivity contribution >= 4 is 51.9 Å². The van der Waals surface area contributed by atoms with Crippen molar-refractivity contribution in [3.63, 3.8) is 0 Å². The van der Waals surface area contributed by atoms with E-state index in [0.717, 1.165) is 22.4 Å². The Morgan fingerprint density at radius 2 is 1.71 bits per heavy atom. The Kier molecular flexibility index (Phi) is 8.33. The predicted molar refractivity (Wildman–Crippen MR) is 145 cm³/mol. The molecule has 0 saturated carbocycles. The molecule has 4 rings (SSSR count). The molecule has 1 fully saturated rings. The fourth-order valence-electron chi connectivity index (χ4n) is 3.56.